The summed E-state index contributed by atoms with van der Waals surface area (Å²) in [5.74, 6) is -0.338. The molecule has 0 bridgehead atoms. The molecule has 5 rings (SSSR count). The zero-order valence-corrected chi connectivity index (χ0v) is 20.9. The summed E-state index contributed by atoms with van der Waals surface area (Å²) >= 11 is 1.53. The molecule has 180 valence electrons. The van der Waals surface area contributed by atoms with Gasteiger partial charge in [0.05, 0.1) is 0 Å². The van der Waals surface area contributed by atoms with Gasteiger partial charge in [-0.3, -0.25) is 9.59 Å². The number of nitroso groups, excluding NO2 is 1. The van der Waals surface area contributed by atoms with E-state index in [-0.39, 0.29) is 11.6 Å². The monoisotopic (exact) mass is 501 g/mol. The number of fused-ring (bicyclic) bond motifs is 1. The van der Waals surface area contributed by atoms with Crippen molar-refractivity contribution in [3.63, 3.8) is 0 Å². The van der Waals surface area contributed by atoms with Gasteiger partial charge in [-0.1, -0.05) is 89.7 Å². The molecular formula is C32H23NO3S. The normalized spacial score (nSPS) is 11.7. The van der Waals surface area contributed by atoms with Crippen molar-refractivity contribution in [2.45, 2.75) is 22.8 Å². The molecule has 0 amide bonds. The maximum Gasteiger partial charge on any atom is 0.195 e. The summed E-state index contributed by atoms with van der Waals surface area (Å²) in [6.45, 7) is 1.86. The van der Waals surface area contributed by atoms with E-state index in [2.05, 4.69) is 5.18 Å². The van der Waals surface area contributed by atoms with Gasteiger partial charge in [-0.05, 0) is 71.3 Å². The average Bonchev–Trinajstić information content (AvgIpc) is 2.94. The lowest BCUT2D eigenvalue weighted by Crippen LogP contribution is -2.11. The zero-order valence-electron chi connectivity index (χ0n) is 20.1. The molecular weight excluding hydrogens is 478 g/mol. The average molecular weight is 502 g/mol. The van der Waals surface area contributed by atoms with Gasteiger partial charge in [-0.2, -0.15) is 0 Å². The molecule has 0 heterocycles. The Kier molecular flexibility index (Phi) is 7.06. The standard InChI is InChI=1S/C32H23NO3S/c1-21-6-2-5-9-29(21)30(33-36)32(35)24-14-18-28(19-15-24)37-27-16-12-23(13-17-27)31(34)26-11-10-22-7-3-4-8-25(22)20-26/h2-20,30H,1H3. The van der Waals surface area contributed by atoms with Crippen molar-refractivity contribution in [3.05, 3.63) is 148 Å². The molecule has 0 fully saturated rings. The van der Waals surface area contributed by atoms with Crippen molar-refractivity contribution in [2.75, 3.05) is 0 Å². The zero-order chi connectivity index (χ0) is 25.8. The summed E-state index contributed by atoms with van der Waals surface area (Å²) in [5, 5.41) is 5.25. The predicted molar refractivity (Wildman–Crippen MR) is 148 cm³/mol. The lowest BCUT2D eigenvalue weighted by atomic mass is 9.95. The molecule has 0 saturated carbocycles. The molecule has 37 heavy (non-hydrogen) atoms. The Hall–Kier alpha value is -4.35. The largest absolute Gasteiger partial charge is 0.291 e. The van der Waals surface area contributed by atoms with Crippen molar-refractivity contribution in [1.82, 2.24) is 0 Å². The molecule has 5 aromatic rings. The molecule has 0 aliphatic rings. The summed E-state index contributed by atoms with van der Waals surface area (Å²) in [4.78, 5) is 39.4. The van der Waals surface area contributed by atoms with Crippen molar-refractivity contribution in [2.24, 2.45) is 5.18 Å². The van der Waals surface area contributed by atoms with Crippen molar-refractivity contribution < 1.29 is 9.59 Å². The molecule has 0 saturated heterocycles. The summed E-state index contributed by atoms with van der Waals surface area (Å²) in [5.41, 5.74) is 3.21. The van der Waals surface area contributed by atoms with Crippen LogP contribution in [0.15, 0.2) is 130 Å². The van der Waals surface area contributed by atoms with Gasteiger partial charge in [-0.15, -0.1) is 4.91 Å². The van der Waals surface area contributed by atoms with Gasteiger partial charge in [0.1, 0.15) is 0 Å². The third kappa shape index (κ3) is 5.27. The maximum absolute atomic E-state index is 13.0. The molecule has 0 radical (unpaired) electrons. The first-order valence-electron chi connectivity index (χ1n) is 11.9. The van der Waals surface area contributed by atoms with Gasteiger partial charge in [0.2, 0.25) is 0 Å². The maximum atomic E-state index is 13.0. The Balaban J connectivity index is 1.27. The highest BCUT2D eigenvalue weighted by Crippen LogP contribution is 2.30. The summed E-state index contributed by atoms with van der Waals surface area (Å²) in [6.07, 6.45) is 0. The fraction of sp³-hybridized carbons (Fsp3) is 0.0625. The summed E-state index contributed by atoms with van der Waals surface area (Å²) in [7, 11) is 0. The van der Waals surface area contributed by atoms with E-state index in [1.54, 1.807) is 24.3 Å². The van der Waals surface area contributed by atoms with E-state index in [4.69, 9.17) is 0 Å². The molecule has 0 aromatic heterocycles. The minimum Gasteiger partial charge on any atom is -0.291 e. The number of carbonyl (C=O) groups is 2. The van der Waals surface area contributed by atoms with E-state index in [1.807, 2.05) is 97.9 Å². The number of hydrogen-bond donors (Lipinski definition) is 0. The van der Waals surface area contributed by atoms with Gasteiger partial charge in [0.25, 0.3) is 0 Å². The summed E-state index contributed by atoms with van der Waals surface area (Å²) in [6, 6.07) is 34.6. The van der Waals surface area contributed by atoms with E-state index in [9.17, 15) is 14.5 Å². The number of hydrogen-bond acceptors (Lipinski definition) is 5. The number of Topliss-reactive ketones (excluding diaryl/α,β-unsaturated/α-hetero) is 1. The van der Waals surface area contributed by atoms with Crippen molar-refractivity contribution in [3.8, 4) is 0 Å². The number of rotatable bonds is 8. The van der Waals surface area contributed by atoms with Crippen LogP contribution in [0.2, 0.25) is 0 Å². The number of ketones is 2. The van der Waals surface area contributed by atoms with Crippen LogP contribution in [0, 0.1) is 11.8 Å². The number of benzene rings is 5. The molecule has 5 heteroatoms. The third-order valence-corrected chi connectivity index (χ3v) is 7.36. The van der Waals surface area contributed by atoms with Crippen molar-refractivity contribution in [1.29, 1.82) is 0 Å². The van der Waals surface area contributed by atoms with Crippen LogP contribution in [0.25, 0.3) is 10.8 Å². The number of aryl methyl sites for hydroxylation is 1. The summed E-state index contributed by atoms with van der Waals surface area (Å²) < 4.78 is 0. The molecule has 1 unspecified atom stereocenters. The first-order valence-corrected chi connectivity index (χ1v) is 12.7. The Morgan fingerprint density at radius 3 is 1.86 bits per heavy atom. The Bertz CT molecular complexity index is 1610. The highest BCUT2D eigenvalue weighted by Gasteiger charge is 2.24. The smallest absolute Gasteiger partial charge is 0.195 e. The molecule has 0 aliphatic carbocycles. The minimum absolute atomic E-state index is 0.0165. The minimum atomic E-state index is -1.06. The fourth-order valence-electron chi connectivity index (χ4n) is 4.29. The van der Waals surface area contributed by atoms with E-state index >= 15 is 0 Å². The highest BCUT2D eigenvalue weighted by atomic mass is 32.2. The van der Waals surface area contributed by atoms with Crippen LogP contribution >= 0.6 is 11.8 Å². The molecule has 0 spiro atoms. The van der Waals surface area contributed by atoms with Crippen molar-refractivity contribution >= 4 is 34.1 Å². The third-order valence-electron chi connectivity index (χ3n) is 6.34. The lowest BCUT2D eigenvalue weighted by Gasteiger charge is -2.12. The van der Waals surface area contributed by atoms with E-state index in [0.29, 0.717) is 22.3 Å². The molecule has 1 atom stereocenters. The Morgan fingerprint density at radius 1 is 0.649 bits per heavy atom. The second-order valence-electron chi connectivity index (χ2n) is 8.77. The Labute approximate surface area is 219 Å². The van der Waals surface area contributed by atoms with Crippen LogP contribution in [0.5, 0.6) is 0 Å². The Morgan fingerprint density at radius 2 is 1.22 bits per heavy atom. The molecule has 4 nitrogen and oxygen atoms in total. The van der Waals surface area contributed by atoms with E-state index in [1.165, 1.54) is 11.8 Å². The van der Waals surface area contributed by atoms with Crippen LogP contribution in [-0.4, -0.2) is 11.6 Å². The topological polar surface area (TPSA) is 63.6 Å². The second kappa shape index (κ2) is 10.7. The van der Waals surface area contributed by atoms with Gasteiger partial charge in [-0.25, -0.2) is 0 Å². The molecule has 0 N–H and O–H groups in total. The van der Waals surface area contributed by atoms with Crippen LogP contribution in [0.4, 0.5) is 0 Å². The van der Waals surface area contributed by atoms with E-state index < -0.39 is 6.04 Å². The molecule has 0 aliphatic heterocycles. The number of nitrogens with zero attached hydrogens (tertiary/aromatic N) is 1. The van der Waals surface area contributed by atoms with E-state index in [0.717, 1.165) is 26.1 Å². The fourth-order valence-corrected chi connectivity index (χ4v) is 5.11. The second-order valence-corrected chi connectivity index (χ2v) is 9.92. The SMILES string of the molecule is Cc1ccccc1C(N=O)C(=O)c1ccc(Sc2ccc(C(=O)c3ccc4ccccc4c3)cc2)cc1. The van der Waals surface area contributed by atoms with Crippen LogP contribution in [0.3, 0.4) is 0 Å². The van der Waals surface area contributed by atoms with Crippen LogP contribution in [-0.2, 0) is 0 Å². The van der Waals surface area contributed by atoms with Crippen LogP contribution < -0.4 is 0 Å². The number of carbonyl (C=O) groups excluding carboxylic acids is 2. The predicted octanol–water partition coefficient (Wildman–Crippen LogP) is 8.22. The van der Waals surface area contributed by atoms with Gasteiger partial charge >= 0.3 is 0 Å². The molecule has 5 aromatic carbocycles. The quantitative estimate of drug-likeness (QED) is 0.159. The highest BCUT2D eigenvalue weighted by molar-refractivity contribution is 7.99. The first kappa shape index (κ1) is 24.3. The first-order chi connectivity index (χ1) is 18.0. The van der Waals surface area contributed by atoms with Gasteiger partial charge in [0, 0.05) is 26.5 Å². The van der Waals surface area contributed by atoms with Crippen LogP contribution in [0.1, 0.15) is 43.4 Å². The van der Waals surface area contributed by atoms with Gasteiger partial charge in [0.15, 0.2) is 17.6 Å². The van der Waals surface area contributed by atoms with Gasteiger partial charge < -0.3 is 0 Å². The lowest BCUT2D eigenvalue weighted by molar-refractivity contribution is 0.0960.